The molecule has 1 heterocycles. The van der Waals surface area contributed by atoms with Gasteiger partial charge in [0.2, 0.25) is 5.91 Å². The van der Waals surface area contributed by atoms with Gasteiger partial charge in [0.1, 0.15) is 0 Å². The van der Waals surface area contributed by atoms with Crippen LogP contribution in [-0.4, -0.2) is 61.7 Å². The van der Waals surface area contributed by atoms with Gasteiger partial charge in [0, 0.05) is 25.3 Å². The van der Waals surface area contributed by atoms with Crippen molar-refractivity contribution in [3.8, 4) is 0 Å². The Morgan fingerprint density at radius 1 is 1.35 bits per heavy atom. The number of anilines is 1. The van der Waals surface area contributed by atoms with Crippen molar-refractivity contribution in [1.82, 2.24) is 4.90 Å². The number of benzene rings is 1. The van der Waals surface area contributed by atoms with E-state index in [4.69, 9.17) is 10.5 Å². The monoisotopic (exact) mass is 337 g/mol. The molecule has 23 heavy (non-hydrogen) atoms. The highest BCUT2D eigenvalue weighted by molar-refractivity contribution is 7.98. The Labute approximate surface area is 142 Å². The highest BCUT2D eigenvalue weighted by Gasteiger charge is 2.13. The average Bonchev–Trinajstić information content (AvgIpc) is 2.60. The highest BCUT2D eigenvalue weighted by atomic mass is 32.2. The molecule has 3 N–H and O–H groups in total. The van der Waals surface area contributed by atoms with Crippen molar-refractivity contribution in [2.75, 3.05) is 50.2 Å². The van der Waals surface area contributed by atoms with Gasteiger partial charge >= 0.3 is 0 Å². The van der Waals surface area contributed by atoms with E-state index in [-0.39, 0.29) is 5.91 Å². The summed E-state index contributed by atoms with van der Waals surface area (Å²) in [6.07, 6.45) is 3.73. The van der Waals surface area contributed by atoms with Crippen molar-refractivity contribution in [3.05, 3.63) is 29.8 Å². The Kier molecular flexibility index (Phi) is 7.88. The molecule has 6 heteroatoms. The molecule has 1 fully saturated rings. The minimum atomic E-state index is -0.441. The molecule has 0 spiro atoms. The number of hydrogen-bond acceptors (Lipinski definition) is 5. The number of rotatable bonds is 8. The Morgan fingerprint density at radius 2 is 2.04 bits per heavy atom. The second kappa shape index (κ2) is 9.93. The summed E-state index contributed by atoms with van der Waals surface area (Å²) in [4.78, 5) is 14.4. The molecule has 1 aromatic carbocycles. The van der Waals surface area contributed by atoms with Gasteiger partial charge in [-0.2, -0.15) is 11.8 Å². The van der Waals surface area contributed by atoms with E-state index < -0.39 is 6.04 Å². The maximum absolute atomic E-state index is 12.0. The molecule has 0 unspecified atom stereocenters. The average molecular weight is 337 g/mol. The summed E-state index contributed by atoms with van der Waals surface area (Å²) < 4.78 is 5.35. The second-order valence-corrected chi connectivity index (χ2v) is 6.76. The standard InChI is InChI=1S/C17H27N3O2S/c1-23-13-7-16(18)17(21)19-15-4-2-14(3-5-15)6-8-20-9-11-22-12-10-20/h2-5,16H,6-13,18H2,1H3,(H,19,21)/t16-/m0/s1. The van der Waals surface area contributed by atoms with E-state index in [1.165, 1.54) is 5.56 Å². The Balaban J connectivity index is 1.76. The summed E-state index contributed by atoms with van der Waals surface area (Å²) in [6.45, 7) is 4.75. The minimum absolute atomic E-state index is 0.111. The van der Waals surface area contributed by atoms with Crippen LogP contribution in [0.1, 0.15) is 12.0 Å². The first-order valence-electron chi connectivity index (χ1n) is 8.13. The van der Waals surface area contributed by atoms with E-state index in [2.05, 4.69) is 22.3 Å². The van der Waals surface area contributed by atoms with Crippen LogP contribution in [0.25, 0.3) is 0 Å². The van der Waals surface area contributed by atoms with Gasteiger partial charge in [0.25, 0.3) is 0 Å². The summed E-state index contributed by atoms with van der Waals surface area (Å²) in [5.41, 5.74) is 7.96. The first-order chi connectivity index (χ1) is 11.2. The SMILES string of the molecule is CSCC[C@H](N)C(=O)Nc1ccc(CCN2CCOCC2)cc1. The number of thioether (sulfide) groups is 1. The Bertz CT molecular complexity index is 475. The zero-order valence-electron chi connectivity index (χ0n) is 13.8. The number of nitrogens with two attached hydrogens (primary N) is 1. The highest BCUT2D eigenvalue weighted by Crippen LogP contribution is 2.12. The topological polar surface area (TPSA) is 67.6 Å². The third kappa shape index (κ3) is 6.51. The fourth-order valence-corrected chi connectivity index (χ4v) is 2.97. The molecular weight excluding hydrogens is 310 g/mol. The molecule has 0 saturated carbocycles. The zero-order valence-corrected chi connectivity index (χ0v) is 14.6. The van der Waals surface area contributed by atoms with Crippen LogP contribution in [-0.2, 0) is 16.0 Å². The maximum atomic E-state index is 12.0. The van der Waals surface area contributed by atoms with E-state index in [9.17, 15) is 4.79 Å². The lowest BCUT2D eigenvalue weighted by molar-refractivity contribution is -0.117. The Morgan fingerprint density at radius 3 is 2.70 bits per heavy atom. The fraction of sp³-hybridized carbons (Fsp3) is 0.588. The van der Waals surface area contributed by atoms with Crippen LogP contribution in [0.15, 0.2) is 24.3 Å². The molecular formula is C17H27N3O2S. The van der Waals surface area contributed by atoms with E-state index >= 15 is 0 Å². The molecule has 1 amide bonds. The molecule has 2 rings (SSSR count). The third-order valence-electron chi connectivity index (χ3n) is 4.01. The van der Waals surface area contributed by atoms with Crippen LogP contribution < -0.4 is 11.1 Å². The number of ether oxygens (including phenoxy) is 1. The molecule has 5 nitrogen and oxygen atoms in total. The molecule has 1 atom stereocenters. The van der Waals surface area contributed by atoms with Crippen LogP contribution in [0.4, 0.5) is 5.69 Å². The van der Waals surface area contributed by atoms with Crippen LogP contribution in [0.2, 0.25) is 0 Å². The number of carbonyl (C=O) groups excluding carboxylic acids is 1. The lowest BCUT2D eigenvalue weighted by atomic mass is 10.1. The Hall–Kier alpha value is -1.08. The molecule has 0 bridgehead atoms. The zero-order chi connectivity index (χ0) is 16.5. The van der Waals surface area contributed by atoms with Gasteiger partial charge in [-0.1, -0.05) is 12.1 Å². The van der Waals surface area contributed by atoms with Gasteiger partial charge in [-0.3, -0.25) is 9.69 Å². The first-order valence-corrected chi connectivity index (χ1v) is 9.53. The van der Waals surface area contributed by atoms with Crippen molar-refractivity contribution in [1.29, 1.82) is 0 Å². The number of hydrogen-bond donors (Lipinski definition) is 2. The number of amides is 1. The molecule has 1 aromatic rings. The molecule has 0 aromatic heterocycles. The summed E-state index contributed by atoms with van der Waals surface area (Å²) in [7, 11) is 0. The van der Waals surface area contributed by atoms with Gasteiger partial charge in [0.05, 0.1) is 19.3 Å². The quantitative estimate of drug-likeness (QED) is 0.754. The lowest BCUT2D eigenvalue weighted by Gasteiger charge is -2.26. The van der Waals surface area contributed by atoms with Crippen LogP contribution >= 0.6 is 11.8 Å². The predicted octanol–water partition coefficient (Wildman–Crippen LogP) is 1.58. The molecule has 1 aliphatic heterocycles. The van der Waals surface area contributed by atoms with Crippen molar-refractivity contribution in [2.45, 2.75) is 18.9 Å². The van der Waals surface area contributed by atoms with E-state index in [1.807, 2.05) is 18.4 Å². The summed E-state index contributed by atoms with van der Waals surface area (Å²) in [6, 6.07) is 7.61. The van der Waals surface area contributed by atoms with Gasteiger partial charge < -0.3 is 15.8 Å². The van der Waals surface area contributed by atoms with Crippen molar-refractivity contribution < 1.29 is 9.53 Å². The molecule has 0 aliphatic carbocycles. The van der Waals surface area contributed by atoms with Crippen LogP contribution in [0.3, 0.4) is 0 Å². The predicted molar refractivity (Wildman–Crippen MR) is 97.0 cm³/mol. The number of nitrogens with one attached hydrogen (secondary N) is 1. The number of morpholine rings is 1. The summed E-state index contributed by atoms with van der Waals surface area (Å²) in [5.74, 6) is 0.787. The summed E-state index contributed by atoms with van der Waals surface area (Å²) >= 11 is 1.70. The van der Waals surface area contributed by atoms with E-state index in [0.717, 1.165) is 50.7 Å². The number of nitrogens with zero attached hydrogens (tertiary/aromatic N) is 1. The van der Waals surface area contributed by atoms with Crippen molar-refractivity contribution in [3.63, 3.8) is 0 Å². The lowest BCUT2D eigenvalue weighted by Crippen LogP contribution is -2.37. The smallest absolute Gasteiger partial charge is 0.241 e. The first kappa shape index (κ1) is 18.3. The molecule has 1 saturated heterocycles. The second-order valence-electron chi connectivity index (χ2n) is 5.78. The van der Waals surface area contributed by atoms with Crippen molar-refractivity contribution >= 4 is 23.4 Å². The van der Waals surface area contributed by atoms with Gasteiger partial charge in [-0.15, -0.1) is 0 Å². The van der Waals surface area contributed by atoms with Crippen LogP contribution in [0.5, 0.6) is 0 Å². The maximum Gasteiger partial charge on any atom is 0.241 e. The largest absolute Gasteiger partial charge is 0.379 e. The van der Waals surface area contributed by atoms with E-state index in [1.54, 1.807) is 11.8 Å². The van der Waals surface area contributed by atoms with E-state index in [0.29, 0.717) is 6.42 Å². The minimum Gasteiger partial charge on any atom is -0.379 e. The molecule has 128 valence electrons. The van der Waals surface area contributed by atoms with Crippen molar-refractivity contribution in [2.24, 2.45) is 5.73 Å². The molecule has 0 radical (unpaired) electrons. The normalized spacial score (nSPS) is 17.0. The number of carbonyl (C=O) groups is 1. The van der Waals surface area contributed by atoms with Gasteiger partial charge in [-0.05, 0) is 42.5 Å². The van der Waals surface area contributed by atoms with Crippen LogP contribution in [0, 0.1) is 0 Å². The fourth-order valence-electron chi connectivity index (χ4n) is 2.48. The molecule has 1 aliphatic rings. The van der Waals surface area contributed by atoms with Gasteiger partial charge in [-0.25, -0.2) is 0 Å². The van der Waals surface area contributed by atoms with Gasteiger partial charge in [0.15, 0.2) is 0 Å². The summed E-state index contributed by atoms with van der Waals surface area (Å²) in [5, 5.41) is 2.88. The third-order valence-corrected chi connectivity index (χ3v) is 4.66.